The minimum atomic E-state index is -1.17. The molecule has 0 radical (unpaired) electrons. The molecule has 0 spiro atoms. The normalized spacial score (nSPS) is 12.9. The number of methoxy groups -OCH3 is 1. The van der Waals surface area contributed by atoms with Crippen LogP contribution in [0.2, 0.25) is 0 Å². The van der Waals surface area contributed by atoms with Crippen molar-refractivity contribution >= 4 is 23.7 Å². The van der Waals surface area contributed by atoms with E-state index in [1.807, 2.05) is 48.5 Å². The fourth-order valence-electron chi connectivity index (χ4n) is 3.96. The number of pyridine rings is 1. The number of nitrogens with zero attached hydrogens (tertiary/aromatic N) is 1. The predicted molar refractivity (Wildman–Crippen MR) is 124 cm³/mol. The predicted octanol–water partition coefficient (Wildman–Crippen LogP) is 3.27. The Bertz CT molecular complexity index is 1170. The molecule has 34 heavy (non-hydrogen) atoms. The highest BCUT2D eigenvalue weighted by molar-refractivity contribution is 5.97. The summed E-state index contributed by atoms with van der Waals surface area (Å²) in [5, 5.41) is 14.0. The zero-order valence-electron chi connectivity index (χ0n) is 18.4. The van der Waals surface area contributed by atoms with Crippen LogP contribution in [0.15, 0.2) is 66.9 Å². The number of alkyl carbamates (subject to hydrolysis) is 1. The maximum Gasteiger partial charge on any atom is 0.407 e. The van der Waals surface area contributed by atoms with Gasteiger partial charge in [0.2, 0.25) is 5.91 Å². The number of hydrogen-bond donors (Lipinski definition) is 3. The number of nitrogens with one attached hydrogen (secondary N) is 2. The monoisotopic (exact) mass is 461 g/mol. The number of anilines is 1. The van der Waals surface area contributed by atoms with Gasteiger partial charge < -0.3 is 25.2 Å². The van der Waals surface area contributed by atoms with Gasteiger partial charge in [0.15, 0.2) is 0 Å². The van der Waals surface area contributed by atoms with E-state index in [9.17, 15) is 14.4 Å². The van der Waals surface area contributed by atoms with Crippen molar-refractivity contribution in [1.82, 2.24) is 10.3 Å². The van der Waals surface area contributed by atoms with Crippen molar-refractivity contribution < 1.29 is 29.0 Å². The lowest BCUT2D eigenvalue weighted by Crippen LogP contribution is -2.47. The van der Waals surface area contributed by atoms with Crippen molar-refractivity contribution in [2.45, 2.75) is 12.0 Å². The van der Waals surface area contributed by atoms with Gasteiger partial charge in [-0.3, -0.25) is 4.79 Å². The maximum atomic E-state index is 12.6. The number of aromatic carboxylic acids is 1. The minimum absolute atomic E-state index is 0.0866. The zero-order valence-corrected chi connectivity index (χ0v) is 18.4. The summed E-state index contributed by atoms with van der Waals surface area (Å²) in [4.78, 5) is 39.8. The van der Waals surface area contributed by atoms with Crippen molar-refractivity contribution in [3.05, 3.63) is 83.7 Å². The molecule has 2 aromatic carbocycles. The van der Waals surface area contributed by atoms with Crippen LogP contribution >= 0.6 is 0 Å². The average Bonchev–Trinajstić information content (AvgIpc) is 3.16. The third-order valence-electron chi connectivity index (χ3n) is 5.54. The topological polar surface area (TPSA) is 127 Å². The summed E-state index contributed by atoms with van der Waals surface area (Å²) in [7, 11) is 1.41. The molecule has 2 amide bonds. The van der Waals surface area contributed by atoms with Gasteiger partial charge in [-0.25, -0.2) is 14.6 Å². The van der Waals surface area contributed by atoms with Gasteiger partial charge in [-0.15, -0.1) is 0 Å². The Balaban J connectivity index is 1.39. The summed E-state index contributed by atoms with van der Waals surface area (Å²) in [5.41, 5.74) is 4.53. The number of carbonyl (C=O) groups is 3. The fourth-order valence-corrected chi connectivity index (χ4v) is 3.96. The van der Waals surface area contributed by atoms with Gasteiger partial charge >= 0.3 is 12.1 Å². The SMILES string of the molecule is COCC(NC(=O)OCC1c2ccccc2-c2ccccc21)C(=O)Nc1ccc(C(=O)O)nc1. The summed E-state index contributed by atoms with van der Waals surface area (Å²) in [6.07, 6.45) is 0.469. The first-order valence-corrected chi connectivity index (χ1v) is 10.6. The molecular weight excluding hydrogens is 438 g/mol. The van der Waals surface area contributed by atoms with Crippen LogP contribution in [-0.2, 0) is 14.3 Å². The van der Waals surface area contributed by atoms with Crippen LogP contribution in [-0.4, -0.2) is 54.4 Å². The van der Waals surface area contributed by atoms with Crippen molar-refractivity contribution in [3.8, 4) is 11.1 Å². The van der Waals surface area contributed by atoms with E-state index in [2.05, 4.69) is 15.6 Å². The Morgan fingerprint density at radius 3 is 2.21 bits per heavy atom. The molecule has 1 atom stereocenters. The molecule has 3 aromatic rings. The van der Waals surface area contributed by atoms with Gasteiger partial charge in [-0.05, 0) is 34.4 Å². The highest BCUT2D eigenvalue weighted by Gasteiger charge is 2.29. The first-order valence-electron chi connectivity index (χ1n) is 10.6. The van der Waals surface area contributed by atoms with Crippen LogP contribution in [0.25, 0.3) is 11.1 Å². The summed E-state index contributed by atoms with van der Waals surface area (Å²) in [5.74, 6) is -1.83. The smallest absolute Gasteiger partial charge is 0.407 e. The number of fused-ring (bicyclic) bond motifs is 3. The Labute approximate surface area is 195 Å². The second-order valence-electron chi connectivity index (χ2n) is 7.70. The fraction of sp³-hybridized carbons (Fsp3) is 0.200. The number of aromatic nitrogens is 1. The van der Waals surface area contributed by atoms with Crippen molar-refractivity contribution in [1.29, 1.82) is 0 Å². The highest BCUT2D eigenvalue weighted by atomic mass is 16.5. The van der Waals surface area contributed by atoms with Crippen LogP contribution in [0.1, 0.15) is 27.5 Å². The molecule has 3 N–H and O–H groups in total. The van der Waals surface area contributed by atoms with Crippen molar-refractivity contribution in [2.24, 2.45) is 0 Å². The Kier molecular flexibility index (Phi) is 6.84. The van der Waals surface area contributed by atoms with Crippen molar-refractivity contribution in [3.63, 3.8) is 0 Å². The second-order valence-corrected chi connectivity index (χ2v) is 7.70. The minimum Gasteiger partial charge on any atom is -0.477 e. The Morgan fingerprint density at radius 1 is 1.00 bits per heavy atom. The van der Waals surface area contributed by atoms with Gasteiger partial charge in [0.1, 0.15) is 18.3 Å². The van der Waals surface area contributed by atoms with E-state index in [0.29, 0.717) is 0 Å². The van der Waals surface area contributed by atoms with Crippen molar-refractivity contribution in [2.75, 3.05) is 25.6 Å². The lowest BCUT2D eigenvalue weighted by atomic mass is 9.98. The molecule has 4 rings (SSSR count). The van der Waals surface area contributed by atoms with E-state index in [1.165, 1.54) is 25.4 Å². The van der Waals surface area contributed by atoms with E-state index < -0.39 is 24.0 Å². The Morgan fingerprint density at radius 2 is 1.65 bits per heavy atom. The number of amides is 2. The van der Waals surface area contributed by atoms with Gasteiger partial charge in [0.05, 0.1) is 18.5 Å². The molecule has 1 aromatic heterocycles. The molecule has 0 saturated carbocycles. The summed E-state index contributed by atoms with van der Waals surface area (Å²) >= 11 is 0. The molecule has 0 fully saturated rings. The number of ether oxygens (including phenoxy) is 2. The molecule has 0 aliphatic heterocycles. The van der Waals surface area contributed by atoms with E-state index in [-0.39, 0.29) is 30.5 Å². The first-order chi connectivity index (χ1) is 16.5. The zero-order chi connectivity index (χ0) is 24.1. The van der Waals surface area contributed by atoms with E-state index in [0.717, 1.165) is 22.3 Å². The largest absolute Gasteiger partial charge is 0.477 e. The number of benzene rings is 2. The van der Waals surface area contributed by atoms with Crippen LogP contribution in [0, 0.1) is 0 Å². The van der Waals surface area contributed by atoms with Gasteiger partial charge in [0, 0.05) is 13.0 Å². The van der Waals surface area contributed by atoms with E-state index in [4.69, 9.17) is 14.6 Å². The van der Waals surface area contributed by atoms with Crippen LogP contribution in [0.3, 0.4) is 0 Å². The lowest BCUT2D eigenvalue weighted by Gasteiger charge is -2.19. The second kappa shape index (κ2) is 10.1. The Hall–Kier alpha value is -4.24. The molecule has 9 nitrogen and oxygen atoms in total. The van der Waals surface area contributed by atoms with Gasteiger partial charge in [-0.1, -0.05) is 48.5 Å². The number of carboxylic acid groups (broad SMARTS) is 1. The highest BCUT2D eigenvalue weighted by Crippen LogP contribution is 2.44. The number of rotatable bonds is 8. The molecule has 1 aliphatic carbocycles. The third-order valence-corrected chi connectivity index (χ3v) is 5.54. The standard InChI is InChI=1S/C25H23N3O6/c1-33-14-22(23(29)27-15-10-11-21(24(30)31)26-12-15)28-25(32)34-13-20-18-8-4-2-6-16(18)17-7-3-5-9-19(17)20/h2-12,20,22H,13-14H2,1H3,(H,27,29)(H,28,32)(H,30,31). The quantitative estimate of drug-likeness (QED) is 0.470. The molecule has 9 heteroatoms. The molecule has 1 heterocycles. The van der Waals surface area contributed by atoms with Crippen LogP contribution < -0.4 is 10.6 Å². The van der Waals surface area contributed by atoms with Gasteiger partial charge in [0.25, 0.3) is 0 Å². The molecule has 174 valence electrons. The lowest BCUT2D eigenvalue weighted by molar-refractivity contribution is -0.119. The van der Waals surface area contributed by atoms with Gasteiger partial charge in [-0.2, -0.15) is 0 Å². The summed E-state index contributed by atoms with van der Waals surface area (Å²) in [6, 6.07) is 17.6. The van der Waals surface area contributed by atoms with Crippen LogP contribution in [0.4, 0.5) is 10.5 Å². The van der Waals surface area contributed by atoms with Crippen LogP contribution in [0.5, 0.6) is 0 Å². The molecule has 1 aliphatic rings. The summed E-state index contributed by atoms with van der Waals surface area (Å²) in [6.45, 7) is 0.0262. The number of carbonyl (C=O) groups excluding carboxylic acids is 2. The summed E-state index contributed by atoms with van der Waals surface area (Å²) < 4.78 is 10.6. The molecule has 0 bridgehead atoms. The molecular formula is C25H23N3O6. The van der Waals surface area contributed by atoms with E-state index in [1.54, 1.807) is 0 Å². The number of hydrogen-bond acceptors (Lipinski definition) is 6. The molecule has 1 unspecified atom stereocenters. The number of carboxylic acids is 1. The average molecular weight is 461 g/mol. The molecule has 0 saturated heterocycles. The first kappa shape index (κ1) is 22.9. The maximum absolute atomic E-state index is 12.6. The third kappa shape index (κ3) is 4.89. The van der Waals surface area contributed by atoms with E-state index >= 15 is 0 Å².